The summed E-state index contributed by atoms with van der Waals surface area (Å²) in [6, 6.07) is 15.1. The monoisotopic (exact) mass is 657 g/mol. The van der Waals surface area contributed by atoms with Gasteiger partial charge < -0.3 is 34.1 Å². The Kier molecular flexibility index (Phi) is 11.1. The largest absolute Gasteiger partial charge is 0.454 e. The maximum Gasteiger partial charge on any atom is 0.407 e. The molecule has 5 rings (SSSR count). The minimum Gasteiger partial charge on any atom is -0.454 e. The van der Waals surface area contributed by atoms with Crippen molar-refractivity contribution in [1.82, 2.24) is 9.62 Å². The van der Waals surface area contributed by atoms with Crippen LogP contribution in [0.3, 0.4) is 0 Å². The number of rotatable bonds is 15. The van der Waals surface area contributed by atoms with Crippen LogP contribution in [0.5, 0.6) is 11.5 Å². The summed E-state index contributed by atoms with van der Waals surface area (Å²) >= 11 is 0. The Balaban J connectivity index is 1.36. The molecule has 0 spiro atoms. The topological polar surface area (TPSA) is 157 Å². The minimum atomic E-state index is -4.14. The van der Waals surface area contributed by atoms with Gasteiger partial charge in [-0.3, -0.25) is 0 Å². The number of carbonyl (C=O) groups is 1. The van der Waals surface area contributed by atoms with E-state index in [1.165, 1.54) is 16.4 Å². The van der Waals surface area contributed by atoms with Crippen LogP contribution in [0.4, 0.5) is 4.79 Å². The van der Waals surface area contributed by atoms with Gasteiger partial charge in [0, 0.05) is 25.6 Å². The number of hydrogen-bond acceptors (Lipinski definition) is 10. The predicted molar refractivity (Wildman–Crippen MR) is 166 cm³/mol. The summed E-state index contributed by atoms with van der Waals surface area (Å²) < 4.78 is 57.3. The van der Waals surface area contributed by atoms with E-state index in [0.717, 1.165) is 18.4 Å². The second kappa shape index (κ2) is 15.0. The molecule has 3 aliphatic heterocycles. The fraction of sp³-hybridized carbons (Fsp3) is 0.576. The molecule has 0 aromatic heterocycles. The summed E-state index contributed by atoms with van der Waals surface area (Å²) in [5.41, 5.74) is 0.366. The zero-order chi connectivity index (χ0) is 32.7. The van der Waals surface area contributed by atoms with E-state index in [0.29, 0.717) is 37.4 Å². The molecule has 5 atom stereocenters. The molecule has 2 N–H and O–H groups in total. The highest BCUT2D eigenvalue weighted by Gasteiger charge is 2.44. The van der Waals surface area contributed by atoms with Crippen molar-refractivity contribution in [3.8, 4) is 17.6 Å². The van der Waals surface area contributed by atoms with E-state index in [1.54, 1.807) is 6.07 Å². The highest BCUT2D eigenvalue weighted by atomic mass is 32.2. The Bertz CT molecular complexity index is 1480. The first-order valence-electron chi connectivity index (χ1n) is 15.7. The van der Waals surface area contributed by atoms with Gasteiger partial charge in [0.15, 0.2) is 17.8 Å². The molecule has 3 heterocycles. The molecule has 46 heavy (non-hydrogen) atoms. The third-order valence-corrected chi connectivity index (χ3v) is 10.5. The highest BCUT2D eigenvalue weighted by molar-refractivity contribution is 7.89. The third-order valence-electron chi connectivity index (χ3n) is 8.68. The van der Waals surface area contributed by atoms with E-state index in [-0.39, 0.29) is 50.0 Å². The number of ether oxygens (including phenoxy) is 5. The number of nitrogens with one attached hydrogen (secondary N) is 1. The summed E-state index contributed by atoms with van der Waals surface area (Å²) in [5.74, 6) is 0.729. The smallest absolute Gasteiger partial charge is 0.407 e. The molecular weight excluding hydrogens is 614 g/mol. The number of nitriles is 1. The molecule has 1 amide bonds. The Labute approximate surface area is 270 Å². The van der Waals surface area contributed by atoms with Crippen molar-refractivity contribution in [2.45, 2.75) is 81.8 Å². The number of hydrogen-bond donors (Lipinski definition) is 2. The first-order valence-corrected chi connectivity index (χ1v) is 17.2. The van der Waals surface area contributed by atoms with Gasteiger partial charge in [0.05, 0.1) is 42.2 Å². The van der Waals surface area contributed by atoms with Crippen molar-refractivity contribution < 1.29 is 42.0 Å². The van der Waals surface area contributed by atoms with Crippen molar-refractivity contribution in [3.63, 3.8) is 0 Å². The number of amides is 1. The molecule has 2 fully saturated rings. The van der Waals surface area contributed by atoms with Gasteiger partial charge in [-0.2, -0.15) is 9.57 Å². The van der Waals surface area contributed by atoms with Gasteiger partial charge in [-0.15, -0.1) is 0 Å². The Morgan fingerprint density at radius 3 is 2.72 bits per heavy atom. The van der Waals surface area contributed by atoms with Gasteiger partial charge in [-0.1, -0.05) is 50.6 Å². The highest BCUT2D eigenvalue weighted by Crippen LogP contribution is 2.36. The molecule has 2 saturated heterocycles. The first kappa shape index (κ1) is 33.9. The van der Waals surface area contributed by atoms with E-state index in [1.807, 2.05) is 44.2 Å². The number of carbonyl (C=O) groups excluding carboxylic acids is 1. The van der Waals surface area contributed by atoms with E-state index >= 15 is 0 Å². The van der Waals surface area contributed by atoms with E-state index in [9.17, 15) is 18.3 Å². The van der Waals surface area contributed by atoms with Crippen LogP contribution in [0.1, 0.15) is 51.5 Å². The van der Waals surface area contributed by atoms with Crippen LogP contribution in [0.25, 0.3) is 0 Å². The second-order valence-electron chi connectivity index (χ2n) is 12.8. The predicted octanol–water partition coefficient (Wildman–Crippen LogP) is 3.98. The lowest BCUT2D eigenvalue weighted by atomic mass is 9.86. The van der Waals surface area contributed by atoms with Gasteiger partial charge in [0.25, 0.3) is 0 Å². The zero-order valence-electron chi connectivity index (χ0n) is 26.3. The van der Waals surface area contributed by atoms with Crippen molar-refractivity contribution in [2.75, 3.05) is 33.1 Å². The van der Waals surface area contributed by atoms with Gasteiger partial charge in [0.2, 0.25) is 16.8 Å². The maximum atomic E-state index is 14.2. The summed E-state index contributed by atoms with van der Waals surface area (Å²) in [6.07, 6.45) is 0.640. The van der Waals surface area contributed by atoms with E-state index in [4.69, 9.17) is 28.9 Å². The quantitative estimate of drug-likeness (QED) is 0.269. The van der Waals surface area contributed by atoms with Crippen LogP contribution in [-0.2, 0) is 30.7 Å². The summed E-state index contributed by atoms with van der Waals surface area (Å²) in [5, 5.41) is 23.5. The molecular formula is C33H43N3O9S. The van der Waals surface area contributed by atoms with Crippen LogP contribution in [-0.4, -0.2) is 81.6 Å². The molecule has 0 bridgehead atoms. The minimum absolute atomic E-state index is 0.00132. The average molecular weight is 658 g/mol. The fourth-order valence-corrected chi connectivity index (χ4v) is 7.82. The van der Waals surface area contributed by atoms with E-state index < -0.39 is 39.8 Å². The number of unbranched alkanes of at least 4 members (excludes halogenated alkanes) is 2. The summed E-state index contributed by atoms with van der Waals surface area (Å²) in [4.78, 5) is 13.2. The summed E-state index contributed by atoms with van der Waals surface area (Å²) in [6.45, 7) is 4.50. The normalized spacial score (nSPS) is 21.8. The van der Waals surface area contributed by atoms with Crippen molar-refractivity contribution >= 4 is 16.1 Å². The Hall–Kier alpha value is -3.41. The second-order valence-corrected chi connectivity index (χ2v) is 14.8. The molecule has 0 saturated carbocycles. The number of alkyl carbamates (subject to hydrolysis) is 1. The molecule has 13 heteroatoms. The molecule has 2 aromatic carbocycles. The van der Waals surface area contributed by atoms with Crippen LogP contribution in [0, 0.1) is 22.7 Å². The average Bonchev–Trinajstić information content (AvgIpc) is 3.78. The number of sulfonamides is 1. The molecule has 250 valence electrons. The van der Waals surface area contributed by atoms with Crippen LogP contribution in [0.2, 0.25) is 0 Å². The van der Waals surface area contributed by atoms with Crippen molar-refractivity contribution in [1.29, 1.82) is 5.26 Å². The van der Waals surface area contributed by atoms with Crippen LogP contribution in [0.15, 0.2) is 53.4 Å². The number of benzene rings is 2. The lowest BCUT2D eigenvalue weighted by Gasteiger charge is -2.35. The molecule has 12 nitrogen and oxygen atoms in total. The number of nitrogens with zero attached hydrogens (tertiary/aromatic N) is 2. The van der Waals surface area contributed by atoms with Gasteiger partial charge >= 0.3 is 6.09 Å². The van der Waals surface area contributed by atoms with Gasteiger partial charge in [0.1, 0.15) is 6.10 Å². The van der Waals surface area contributed by atoms with Gasteiger partial charge in [-0.05, 0) is 48.8 Å². The molecule has 2 aromatic rings. The summed E-state index contributed by atoms with van der Waals surface area (Å²) in [7, 11) is -4.14. The SMILES string of the molecule is CC(C)(CCCCC#N)CN(C[C@H](O)[C@H](Cc1ccccc1)NC(=O)O[C@H]1CO[C@H]2OCC[C@H]21)S(=O)(=O)c1ccc2c(c1)OCO2. The number of aliphatic hydroxyl groups is 1. The lowest BCUT2D eigenvalue weighted by Crippen LogP contribution is -2.52. The molecule has 0 aliphatic carbocycles. The van der Waals surface area contributed by atoms with Crippen molar-refractivity contribution in [3.05, 3.63) is 54.1 Å². The zero-order valence-corrected chi connectivity index (χ0v) is 27.1. The Morgan fingerprint density at radius 1 is 1.15 bits per heavy atom. The number of aliphatic hydroxyl groups excluding tert-OH is 1. The fourth-order valence-electron chi connectivity index (χ4n) is 6.16. The Morgan fingerprint density at radius 2 is 1.93 bits per heavy atom. The molecule has 3 aliphatic rings. The first-order chi connectivity index (χ1) is 22.1. The third kappa shape index (κ3) is 8.49. The molecule has 0 unspecified atom stereocenters. The molecule has 0 radical (unpaired) electrons. The number of fused-ring (bicyclic) bond motifs is 2. The van der Waals surface area contributed by atoms with E-state index in [2.05, 4.69) is 11.4 Å². The van der Waals surface area contributed by atoms with Crippen molar-refractivity contribution in [2.24, 2.45) is 11.3 Å². The van der Waals surface area contributed by atoms with Crippen LogP contribution >= 0.6 is 0 Å². The lowest BCUT2D eigenvalue weighted by molar-refractivity contribution is -0.0907. The van der Waals surface area contributed by atoms with Crippen LogP contribution < -0.4 is 14.8 Å². The maximum absolute atomic E-state index is 14.2. The van der Waals surface area contributed by atoms with Gasteiger partial charge in [-0.25, -0.2) is 13.2 Å². The standard InChI is InChI=1S/C33H43N3O9S/c1-33(2,14-7-4-8-15-34)21-36(46(39,40)24-11-12-28-29(18-24)44-22-43-28)19-27(37)26(17-23-9-5-3-6-10-23)35-32(38)45-30-20-42-31-25(30)13-16-41-31/h3,5-6,9-12,18,25-27,30-31,37H,4,7-8,13-14,16-17,19-22H2,1-2H3,(H,35,38)/t25-,26-,27-,30-,31+/m0/s1.